The minimum atomic E-state index is -0.428. The molecule has 0 aliphatic carbocycles. The Morgan fingerprint density at radius 2 is 1.73 bits per heavy atom. The minimum Gasteiger partial charge on any atom is -0.457 e. The Morgan fingerprint density at radius 1 is 0.946 bits per heavy atom. The van der Waals surface area contributed by atoms with Crippen LogP contribution in [0, 0.1) is 6.92 Å². The Labute approximate surface area is 217 Å². The average Bonchev–Trinajstić information content (AvgIpc) is 3.47. The summed E-state index contributed by atoms with van der Waals surface area (Å²) in [6, 6.07) is 23.6. The van der Waals surface area contributed by atoms with Crippen LogP contribution in [0.4, 0.5) is 0 Å². The van der Waals surface area contributed by atoms with E-state index in [1.54, 1.807) is 0 Å². The average molecular weight is 497 g/mol. The highest BCUT2D eigenvalue weighted by molar-refractivity contribution is 6.02. The lowest BCUT2D eigenvalue weighted by atomic mass is 9.97. The van der Waals surface area contributed by atoms with Crippen molar-refractivity contribution in [1.82, 2.24) is 4.57 Å². The number of para-hydroxylation sites is 1. The third-order valence-corrected chi connectivity index (χ3v) is 6.77. The molecule has 0 saturated heterocycles. The van der Waals surface area contributed by atoms with Crippen LogP contribution >= 0.6 is 0 Å². The number of fused-ring (bicyclic) bond motifs is 1. The third kappa shape index (κ3) is 5.19. The molecule has 0 saturated carbocycles. The van der Waals surface area contributed by atoms with Gasteiger partial charge in [-0.15, -0.1) is 0 Å². The van der Waals surface area contributed by atoms with Crippen LogP contribution in [0.15, 0.2) is 72.8 Å². The van der Waals surface area contributed by atoms with Gasteiger partial charge in [-0.2, -0.15) is 0 Å². The highest BCUT2D eigenvalue weighted by Crippen LogP contribution is 2.38. The van der Waals surface area contributed by atoms with Crippen molar-refractivity contribution in [3.8, 4) is 34.1 Å². The van der Waals surface area contributed by atoms with Gasteiger partial charge in [-0.05, 0) is 67.3 Å². The van der Waals surface area contributed by atoms with Crippen LogP contribution in [0.5, 0.6) is 23.0 Å². The maximum Gasteiger partial charge on any atom is 0.251 e. The van der Waals surface area contributed by atoms with Gasteiger partial charge in [-0.1, -0.05) is 56.2 Å². The van der Waals surface area contributed by atoms with Gasteiger partial charge in [0.1, 0.15) is 11.5 Å². The number of nitrogens with two attached hydrogens (primary N) is 1. The molecule has 6 nitrogen and oxygen atoms in total. The standard InChI is InChI=1S/C31H32N2O4/c1-3-4-6-14-26-30(23-10-9-13-25(18-23)37-24-11-7-5-8-12-24)29(31(32)34)21(2)33(26)19-22-15-16-27-28(17-22)36-20-35-27/h5,7-13,15-18H,3-4,6,14,19-20H2,1-2H3,(H2,32,34). The first-order valence-electron chi connectivity index (χ1n) is 12.8. The number of aromatic nitrogens is 1. The van der Waals surface area contributed by atoms with Crippen molar-refractivity contribution in [3.05, 3.63) is 95.3 Å². The van der Waals surface area contributed by atoms with E-state index in [0.717, 1.165) is 71.0 Å². The summed E-state index contributed by atoms with van der Waals surface area (Å²) < 4.78 is 19.4. The van der Waals surface area contributed by atoms with E-state index >= 15 is 0 Å². The Morgan fingerprint density at radius 3 is 2.51 bits per heavy atom. The number of hydrogen-bond donors (Lipinski definition) is 1. The molecule has 190 valence electrons. The van der Waals surface area contributed by atoms with Crippen LogP contribution in [0.1, 0.15) is 53.5 Å². The first kappa shape index (κ1) is 24.5. The lowest BCUT2D eigenvalue weighted by molar-refractivity contribution is 0.1000. The van der Waals surface area contributed by atoms with E-state index in [1.165, 1.54) is 0 Å². The first-order chi connectivity index (χ1) is 18.0. The molecule has 2 N–H and O–H groups in total. The van der Waals surface area contributed by atoms with Gasteiger partial charge in [0.2, 0.25) is 6.79 Å². The largest absolute Gasteiger partial charge is 0.457 e. The number of nitrogens with zero attached hydrogens (tertiary/aromatic N) is 1. The summed E-state index contributed by atoms with van der Waals surface area (Å²) >= 11 is 0. The zero-order valence-corrected chi connectivity index (χ0v) is 21.3. The molecule has 1 aromatic heterocycles. The van der Waals surface area contributed by atoms with Crippen molar-refractivity contribution in [2.24, 2.45) is 5.73 Å². The maximum atomic E-state index is 12.8. The highest BCUT2D eigenvalue weighted by Gasteiger charge is 2.25. The van der Waals surface area contributed by atoms with Gasteiger partial charge in [0, 0.05) is 23.5 Å². The molecule has 1 aliphatic rings. The topological polar surface area (TPSA) is 75.7 Å². The Kier molecular flexibility index (Phi) is 7.17. The number of amides is 1. The summed E-state index contributed by atoms with van der Waals surface area (Å²) in [5, 5.41) is 0. The second-order valence-electron chi connectivity index (χ2n) is 9.32. The molecule has 0 bridgehead atoms. The molecule has 3 aromatic carbocycles. The predicted octanol–water partition coefficient (Wildman–Crippen LogP) is 6.86. The fourth-order valence-electron chi connectivity index (χ4n) is 4.99. The van der Waals surface area contributed by atoms with Crippen molar-refractivity contribution >= 4 is 5.91 Å². The van der Waals surface area contributed by atoms with E-state index in [4.69, 9.17) is 19.9 Å². The summed E-state index contributed by atoms with van der Waals surface area (Å²) in [5.74, 6) is 2.54. The monoisotopic (exact) mass is 496 g/mol. The van der Waals surface area contributed by atoms with Crippen LogP contribution in [0.25, 0.3) is 11.1 Å². The second-order valence-corrected chi connectivity index (χ2v) is 9.32. The van der Waals surface area contributed by atoms with Gasteiger partial charge in [-0.25, -0.2) is 0 Å². The van der Waals surface area contributed by atoms with Crippen LogP contribution < -0.4 is 19.9 Å². The second kappa shape index (κ2) is 10.8. The van der Waals surface area contributed by atoms with Crippen molar-refractivity contribution in [2.45, 2.75) is 46.1 Å². The highest BCUT2D eigenvalue weighted by atomic mass is 16.7. The van der Waals surface area contributed by atoms with Gasteiger partial charge < -0.3 is 24.5 Å². The van der Waals surface area contributed by atoms with E-state index in [9.17, 15) is 4.79 Å². The van der Waals surface area contributed by atoms with E-state index in [0.29, 0.717) is 17.9 Å². The van der Waals surface area contributed by atoms with Crippen molar-refractivity contribution in [3.63, 3.8) is 0 Å². The number of primary amides is 1. The number of unbranched alkanes of at least 4 members (excludes halogenated alkanes) is 2. The number of carbonyl (C=O) groups excluding carboxylic acids is 1. The van der Waals surface area contributed by atoms with E-state index < -0.39 is 5.91 Å². The molecule has 6 heteroatoms. The number of hydrogen-bond acceptors (Lipinski definition) is 4. The molecule has 2 heterocycles. The quantitative estimate of drug-likeness (QED) is 0.243. The van der Waals surface area contributed by atoms with Crippen molar-refractivity contribution in [2.75, 3.05) is 6.79 Å². The fraction of sp³-hybridized carbons (Fsp3) is 0.258. The SMILES string of the molecule is CCCCCc1c(-c2cccc(Oc3ccccc3)c2)c(C(N)=O)c(C)n1Cc1ccc2c(c1)OCO2. The molecule has 0 unspecified atom stereocenters. The minimum absolute atomic E-state index is 0.237. The van der Waals surface area contributed by atoms with Crippen LogP contribution in [0.3, 0.4) is 0 Å². The van der Waals surface area contributed by atoms with E-state index in [1.807, 2.05) is 79.7 Å². The molecular formula is C31H32N2O4. The van der Waals surface area contributed by atoms with E-state index in [-0.39, 0.29) is 6.79 Å². The zero-order valence-electron chi connectivity index (χ0n) is 21.3. The van der Waals surface area contributed by atoms with Gasteiger partial charge >= 0.3 is 0 Å². The van der Waals surface area contributed by atoms with Crippen molar-refractivity contribution in [1.29, 1.82) is 0 Å². The summed E-state index contributed by atoms with van der Waals surface area (Å²) in [5.41, 5.74) is 11.4. The number of carbonyl (C=O) groups is 1. The predicted molar refractivity (Wildman–Crippen MR) is 145 cm³/mol. The normalized spacial score (nSPS) is 12.1. The molecule has 0 fully saturated rings. The maximum absolute atomic E-state index is 12.8. The molecule has 4 aromatic rings. The lowest BCUT2D eigenvalue weighted by Gasteiger charge is -2.14. The molecule has 1 amide bonds. The molecular weight excluding hydrogens is 464 g/mol. The molecule has 0 spiro atoms. The Hall–Kier alpha value is -4.19. The Balaban J connectivity index is 1.59. The summed E-state index contributed by atoms with van der Waals surface area (Å²) in [4.78, 5) is 12.8. The summed E-state index contributed by atoms with van der Waals surface area (Å²) in [6.07, 6.45) is 4.08. The van der Waals surface area contributed by atoms with Gasteiger partial charge in [0.25, 0.3) is 5.91 Å². The third-order valence-electron chi connectivity index (χ3n) is 6.77. The van der Waals surface area contributed by atoms with Crippen LogP contribution in [0.2, 0.25) is 0 Å². The smallest absolute Gasteiger partial charge is 0.251 e. The summed E-state index contributed by atoms with van der Waals surface area (Å²) in [7, 11) is 0. The first-order valence-corrected chi connectivity index (χ1v) is 12.8. The number of rotatable bonds is 10. The van der Waals surface area contributed by atoms with Gasteiger partial charge in [0.15, 0.2) is 11.5 Å². The molecule has 37 heavy (non-hydrogen) atoms. The molecule has 1 aliphatic heterocycles. The number of ether oxygens (including phenoxy) is 3. The molecule has 0 atom stereocenters. The van der Waals surface area contributed by atoms with Crippen molar-refractivity contribution < 1.29 is 19.0 Å². The van der Waals surface area contributed by atoms with Crippen LogP contribution in [-0.2, 0) is 13.0 Å². The van der Waals surface area contributed by atoms with Gasteiger partial charge in [0.05, 0.1) is 5.56 Å². The van der Waals surface area contributed by atoms with Gasteiger partial charge in [-0.3, -0.25) is 4.79 Å². The lowest BCUT2D eigenvalue weighted by Crippen LogP contribution is -2.13. The Bertz CT molecular complexity index is 1410. The fourth-order valence-corrected chi connectivity index (χ4v) is 4.99. The number of benzene rings is 3. The van der Waals surface area contributed by atoms with E-state index in [2.05, 4.69) is 11.5 Å². The van der Waals surface area contributed by atoms with Crippen LogP contribution in [-0.4, -0.2) is 17.3 Å². The zero-order chi connectivity index (χ0) is 25.8. The molecule has 0 radical (unpaired) electrons. The molecule has 5 rings (SSSR count). The summed E-state index contributed by atoms with van der Waals surface area (Å²) in [6.45, 7) is 5.01.